The smallest absolute Gasteiger partial charge is 0.124 e. The summed E-state index contributed by atoms with van der Waals surface area (Å²) >= 11 is 7.98. The van der Waals surface area contributed by atoms with Gasteiger partial charge in [0.1, 0.15) is 17.4 Å². The summed E-state index contributed by atoms with van der Waals surface area (Å²) in [6.45, 7) is 1.09. The van der Waals surface area contributed by atoms with Gasteiger partial charge in [0.15, 0.2) is 0 Å². The van der Waals surface area contributed by atoms with Crippen molar-refractivity contribution in [3.63, 3.8) is 0 Å². The number of para-hydroxylation sites is 2. The summed E-state index contributed by atoms with van der Waals surface area (Å²) in [6.07, 6.45) is 0. The minimum absolute atomic E-state index is 0.434. The minimum Gasteiger partial charge on any atom is -0.488 e. The van der Waals surface area contributed by atoms with E-state index in [0.717, 1.165) is 43.7 Å². The Morgan fingerprint density at radius 1 is 0.812 bits per heavy atom. The highest BCUT2D eigenvalue weighted by molar-refractivity contribution is 7.21. The predicted octanol–water partition coefficient (Wildman–Crippen LogP) is 7.81. The maximum atomic E-state index is 6.27. The number of benzene rings is 4. The van der Waals surface area contributed by atoms with Crippen LogP contribution in [0.15, 0.2) is 97.1 Å². The molecule has 0 aliphatic rings. The molecule has 4 aromatic carbocycles. The number of nitrogens with one attached hydrogen (secondary N) is 1. The third kappa shape index (κ3) is 4.62. The van der Waals surface area contributed by atoms with E-state index in [0.29, 0.717) is 13.2 Å². The summed E-state index contributed by atoms with van der Waals surface area (Å²) in [7, 11) is 0. The molecule has 0 aliphatic heterocycles. The number of rotatable bonds is 7. The van der Waals surface area contributed by atoms with Crippen molar-refractivity contribution in [3.05, 3.63) is 113 Å². The van der Waals surface area contributed by atoms with Crippen LogP contribution in [0, 0.1) is 0 Å². The number of fused-ring (bicyclic) bond motifs is 1. The van der Waals surface area contributed by atoms with Crippen LogP contribution >= 0.6 is 22.9 Å². The van der Waals surface area contributed by atoms with Gasteiger partial charge in [0, 0.05) is 33.9 Å². The first-order valence-corrected chi connectivity index (χ1v) is 11.6. The number of halogens is 1. The van der Waals surface area contributed by atoms with Gasteiger partial charge in [0.25, 0.3) is 0 Å². The Hall–Kier alpha value is -3.34. The molecule has 0 aliphatic carbocycles. The van der Waals surface area contributed by atoms with Gasteiger partial charge in [-0.05, 0) is 36.4 Å². The lowest BCUT2D eigenvalue weighted by molar-refractivity contribution is 0.303. The van der Waals surface area contributed by atoms with E-state index in [9.17, 15) is 0 Å². The van der Waals surface area contributed by atoms with Gasteiger partial charge in [0.05, 0.1) is 10.2 Å². The van der Waals surface area contributed by atoms with Crippen LogP contribution in [0.4, 0.5) is 5.69 Å². The molecule has 5 rings (SSSR count). The van der Waals surface area contributed by atoms with Crippen LogP contribution in [0.2, 0.25) is 5.02 Å². The Kier molecular flexibility index (Phi) is 6.06. The summed E-state index contributed by atoms with van der Waals surface area (Å²) in [5.74, 6) is 0.849. The molecule has 1 heterocycles. The summed E-state index contributed by atoms with van der Waals surface area (Å²) in [4.78, 5) is 4.78. The second-order valence-electron chi connectivity index (χ2n) is 7.41. The van der Waals surface area contributed by atoms with E-state index in [1.54, 1.807) is 11.3 Å². The molecule has 0 saturated carbocycles. The molecule has 0 fully saturated rings. The van der Waals surface area contributed by atoms with Gasteiger partial charge in [-0.2, -0.15) is 0 Å². The first-order chi connectivity index (χ1) is 15.8. The van der Waals surface area contributed by atoms with Crippen molar-refractivity contribution in [1.29, 1.82) is 0 Å². The molecule has 0 bridgehead atoms. The van der Waals surface area contributed by atoms with E-state index in [1.807, 2.05) is 54.6 Å². The average molecular weight is 457 g/mol. The fourth-order valence-corrected chi connectivity index (χ4v) is 4.67. The molecule has 0 spiro atoms. The van der Waals surface area contributed by atoms with Crippen molar-refractivity contribution in [2.24, 2.45) is 0 Å². The molecule has 1 N–H and O–H groups in total. The topological polar surface area (TPSA) is 34.1 Å². The summed E-state index contributed by atoms with van der Waals surface area (Å²) < 4.78 is 7.29. The van der Waals surface area contributed by atoms with Crippen LogP contribution in [0.5, 0.6) is 5.75 Å². The molecular weight excluding hydrogens is 436 g/mol. The Morgan fingerprint density at radius 2 is 1.59 bits per heavy atom. The van der Waals surface area contributed by atoms with Gasteiger partial charge in [-0.25, -0.2) is 4.98 Å². The molecule has 0 unspecified atom stereocenters. The number of hydrogen-bond donors (Lipinski definition) is 1. The molecule has 5 aromatic rings. The van der Waals surface area contributed by atoms with Crippen molar-refractivity contribution >= 4 is 38.8 Å². The number of anilines is 1. The molecule has 0 radical (unpaired) electrons. The third-order valence-electron chi connectivity index (χ3n) is 5.20. The zero-order chi connectivity index (χ0) is 21.8. The maximum Gasteiger partial charge on any atom is 0.124 e. The van der Waals surface area contributed by atoms with Crippen LogP contribution in [-0.2, 0) is 13.2 Å². The quantitative estimate of drug-likeness (QED) is 0.271. The highest BCUT2D eigenvalue weighted by Crippen LogP contribution is 2.31. The second kappa shape index (κ2) is 9.43. The molecule has 0 saturated heterocycles. The first kappa shape index (κ1) is 20.6. The average Bonchev–Trinajstić information content (AvgIpc) is 3.27. The SMILES string of the molecule is Clc1ccccc1COc1ccccc1CNc1cccc(-c2nc3ccccc3s2)c1. The summed E-state index contributed by atoms with van der Waals surface area (Å²) in [5, 5.41) is 5.27. The molecule has 5 heteroatoms. The maximum absolute atomic E-state index is 6.27. The minimum atomic E-state index is 0.434. The van der Waals surface area contributed by atoms with E-state index < -0.39 is 0 Å². The van der Waals surface area contributed by atoms with Crippen LogP contribution in [-0.4, -0.2) is 4.98 Å². The molecule has 32 heavy (non-hydrogen) atoms. The van der Waals surface area contributed by atoms with Crippen LogP contribution < -0.4 is 10.1 Å². The Bertz CT molecular complexity index is 1330. The predicted molar refractivity (Wildman–Crippen MR) is 135 cm³/mol. The fraction of sp³-hybridized carbons (Fsp3) is 0.0741. The van der Waals surface area contributed by atoms with E-state index in [1.165, 1.54) is 4.70 Å². The first-order valence-electron chi connectivity index (χ1n) is 10.4. The van der Waals surface area contributed by atoms with Crippen LogP contribution in [0.25, 0.3) is 20.8 Å². The zero-order valence-electron chi connectivity index (χ0n) is 17.3. The summed E-state index contributed by atoms with van der Waals surface area (Å²) in [5.41, 5.74) is 5.25. The number of aromatic nitrogens is 1. The molecule has 158 valence electrons. The van der Waals surface area contributed by atoms with Gasteiger partial charge >= 0.3 is 0 Å². The van der Waals surface area contributed by atoms with Gasteiger partial charge < -0.3 is 10.1 Å². The fourth-order valence-electron chi connectivity index (χ4n) is 3.52. The van der Waals surface area contributed by atoms with Gasteiger partial charge in [0.2, 0.25) is 0 Å². The van der Waals surface area contributed by atoms with Crippen LogP contribution in [0.3, 0.4) is 0 Å². The third-order valence-corrected chi connectivity index (χ3v) is 6.65. The highest BCUT2D eigenvalue weighted by Gasteiger charge is 2.08. The number of ether oxygens (including phenoxy) is 1. The van der Waals surface area contributed by atoms with E-state index >= 15 is 0 Å². The molecule has 0 amide bonds. The van der Waals surface area contributed by atoms with Gasteiger partial charge in [-0.3, -0.25) is 0 Å². The normalized spacial score (nSPS) is 10.9. The number of thiazole rings is 1. The zero-order valence-corrected chi connectivity index (χ0v) is 18.9. The lowest BCUT2D eigenvalue weighted by Crippen LogP contribution is -2.04. The largest absolute Gasteiger partial charge is 0.488 e. The lowest BCUT2D eigenvalue weighted by atomic mass is 10.1. The van der Waals surface area contributed by atoms with Crippen molar-refractivity contribution < 1.29 is 4.74 Å². The van der Waals surface area contributed by atoms with E-state index in [-0.39, 0.29) is 0 Å². The van der Waals surface area contributed by atoms with Crippen molar-refractivity contribution in [1.82, 2.24) is 4.98 Å². The highest BCUT2D eigenvalue weighted by atomic mass is 35.5. The van der Waals surface area contributed by atoms with Gasteiger partial charge in [-0.1, -0.05) is 72.3 Å². The number of nitrogens with zero attached hydrogens (tertiary/aromatic N) is 1. The van der Waals surface area contributed by atoms with Crippen molar-refractivity contribution in [2.45, 2.75) is 13.2 Å². The van der Waals surface area contributed by atoms with Crippen molar-refractivity contribution in [2.75, 3.05) is 5.32 Å². The van der Waals surface area contributed by atoms with E-state index in [4.69, 9.17) is 21.3 Å². The van der Waals surface area contributed by atoms with Crippen LogP contribution in [0.1, 0.15) is 11.1 Å². The van der Waals surface area contributed by atoms with E-state index in [2.05, 4.69) is 47.8 Å². The Labute approximate surface area is 196 Å². The van der Waals surface area contributed by atoms with Crippen molar-refractivity contribution in [3.8, 4) is 16.3 Å². The Morgan fingerprint density at radius 3 is 2.47 bits per heavy atom. The standard InChI is InChI=1S/C27H21ClN2OS/c28-23-12-3-1-9-21(23)18-31-25-14-5-2-8-20(25)17-29-22-11-7-10-19(16-22)27-30-24-13-4-6-15-26(24)32-27/h1-16,29H,17-18H2. The molecule has 1 aromatic heterocycles. The van der Waals surface area contributed by atoms with Gasteiger partial charge in [-0.15, -0.1) is 11.3 Å². The molecule has 0 atom stereocenters. The number of hydrogen-bond acceptors (Lipinski definition) is 4. The second-order valence-corrected chi connectivity index (χ2v) is 8.85. The lowest BCUT2D eigenvalue weighted by Gasteiger charge is -2.14. The summed E-state index contributed by atoms with van der Waals surface area (Å²) in [6, 6.07) is 32.4. The Balaban J connectivity index is 1.30. The molecular formula is C27H21ClN2OS. The molecule has 3 nitrogen and oxygen atoms in total. The monoisotopic (exact) mass is 456 g/mol.